The standard InChI is InChI=1S/C63H46N2/c1-63(2)61-55-30-18-16-28-53(55)59(65(48-25-13-6-14-26-48)50-37-33-46(34-38-50)44-21-9-4-10-22-44)42-58(61)60-54-29-17-15-27-52(54)57-41-51(39-40-56(57)62(60)63)64(47-23-11-5-12-24-47)49-35-31-45(32-36-49)43-19-7-3-8-20-43/h3-42H,1-2H3. The zero-order valence-corrected chi connectivity index (χ0v) is 36.5. The van der Waals surface area contributed by atoms with Gasteiger partial charge in [0, 0.05) is 39.2 Å². The average molecular weight is 831 g/mol. The van der Waals surface area contributed by atoms with Gasteiger partial charge in [-0.3, -0.25) is 0 Å². The molecule has 0 aliphatic heterocycles. The van der Waals surface area contributed by atoms with E-state index in [0.717, 1.165) is 34.1 Å². The molecule has 0 radical (unpaired) electrons. The fourth-order valence-electron chi connectivity index (χ4n) is 10.7. The molecule has 0 N–H and O–H groups in total. The Morgan fingerprint density at radius 3 is 1.25 bits per heavy atom. The maximum atomic E-state index is 2.49. The average Bonchev–Trinajstić information content (AvgIpc) is 3.62. The van der Waals surface area contributed by atoms with Crippen molar-refractivity contribution in [3.8, 4) is 33.4 Å². The van der Waals surface area contributed by atoms with Gasteiger partial charge >= 0.3 is 0 Å². The van der Waals surface area contributed by atoms with Crippen molar-refractivity contribution < 1.29 is 0 Å². The van der Waals surface area contributed by atoms with E-state index < -0.39 is 0 Å². The summed E-state index contributed by atoms with van der Waals surface area (Å²) in [6, 6.07) is 88.6. The summed E-state index contributed by atoms with van der Waals surface area (Å²) in [5.41, 5.74) is 16.7. The Labute approximate surface area is 380 Å². The Bertz CT molecular complexity index is 3530. The van der Waals surface area contributed by atoms with Crippen molar-refractivity contribution in [2.24, 2.45) is 0 Å². The molecule has 11 aromatic rings. The van der Waals surface area contributed by atoms with Gasteiger partial charge in [0.2, 0.25) is 0 Å². The van der Waals surface area contributed by atoms with Crippen LogP contribution in [0.1, 0.15) is 25.0 Å². The molecule has 0 saturated carbocycles. The molecular weight excluding hydrogens is 785 g/mol. The number of para-hydroxylation sites is 2. The Morgan fingerprint density at radius 1 is 0.277 bits per heavy atom. The number of hydrogen-bond acceptors (Lipinski definition) is 2. The SMILES string of the molecule is CC1(C)c2c(cc(N(c3ccccc3)c3ccc(-c4ccccc4)cc3)c3ccccc23)-c2c1c1ccc(N(c3ccccc3)c3ccc(-c4ccccc4)cc3)cc1c1ccccc21. The van der Waals surface area contributed by atoms with Gasteiger partial charge in [-0.05, 0) is 138 Å². The third-order valence-electron chi connectivity index (χ3n) is 13.5. The molecule has 0 aromatic heterocycles. The van der Waals surface area contributed by atoms with Crippen LogP contribution in [0.2, 0.25) is 0 Å². The summed E-state index contributed by atoms with van der Waals surface area (Å²) in [7, 11) is 0. The summed E-state index contributed by atoms with van der Waals surface area (Å²) in [6.07, 6.45) is 0. The normalized spacial score (nSPS) is 12.6. The third kappa shape index (κ3) is 6.40. The molecule has 2 heteroatoms. The lowest BCUT2D eigenvalue weighted by Gasteiger charge is -2.30. The van der Waals surface area contributed by atoms with E-state index in [2.05, 4.69) is 266 Å². The summed E-state index contributed by atoms with van der Waals surface area (Å²) < 4.78 is 0. The molecule has 1 aliphatic rings. The predicted molar refractivity (Wildman–Crippen MR) is 277 cm³/mol. The number of anilines is 6. The van der Waals surface area contributed by atoms with Gasteiger partial charge in [-0.15, -0.1) is 0 Å². The van der Waals surface area contributed by atoms with Crippen LogP contribution in [0.25, 0.3) is 65.7 Å². The number of fused-ring (bicyclic) bond motifs is 10. The molecule has 0 spiro atoms. The molecule has 11 aromatic carbocycles. The highest BCUT2D eigenvalue weighted by Gasteiger charge is 2.41. The van der Waals surface area contributed by atoms with E-state index in [-0.39, 0.29) is 5.41 Å². The second-order valence-electron chi connectivity index (χ2n) is 17.7. The molecule has 0 atom stereocenters. The van der Waals surface area contributed by atoms with E-state index in [4.69, 9.17) is 0 Å². The molecule has 0 heterocycles. The first-order valence-electron chi connectivity index (χ1n) is 22.6. The highest BCUT2D eigenvalue weighted by molar-refractivity contribution is 6.21. The molecule has 65 heavy (non-hydrogen) atoms. The predicted octanol–water partition coefficient (Wildman–Crippen LogP) is 17.7. The summed E-state index contributed by atoms with van der Waals surface area (Å²) in [6.45, 7) is 4.88. The fourth-order valence-corrected chi connectivity index (χ4v) is 10.7. The van der Waals surface area contributed by atoms with Crippen molar-refractivity contribution in [1.82, 2.24) is 0 Å². The van der Waals surface area contributed by atoms with Gasteiger partial charge in [0.1, 0.15) is 0 Å². The molecule has 2 nitrogen and oxygen atoms in total. The Hall–Kier alpha value is -8.20. The zero-order valence-electron chi connectivity index (χ0n) is 36.5. The van der Waals surface area contributed by atoms with Gasteiger partial charge in [0.25, 0.3) is 0 Å². The molecular formula is C63H46N2. The quantitative estimate of drug-likeness (QED) is 0.141. The summed E-state index contributed by atoms with van der Waals surface area (Å²) >= 11 is 0. The molecule has 0 unspecified atom stereocenters. The van der Waals surface area contributed by atoms with Crippen LogP contribution in [-0.4, -0.2) is 0 Å². The van der Waals surface area contributed by atoms with Crippen LogP contribution < -0.4 is 9.80 Å². The van der Waals surface area contributed by atoms with E-state index in [1.54, 1.807) is 0 Å². The number of hydrogen-bond donors (Lipinski definition) is 0. The first-order valence-corrected chi connectivity index (χ1v) is 22.6. The summed E-state index contributed by atoms with van der Waals surface area (Å²) in [5.74, 6) is 0. The van der Waals surface area contributed by atoms with E-state index >= 15 is 0 Å². The van der Waals surface area contributed by atoms with E-state index in [1.807, 2.05) is 0 Å². The monoisotopic (exact) mass is 830 g/mol. The molecule has 0 saturated heterocycles. The van der Waals surface area contributed by atoms with Crippen molar-refractivity contribution in [2.45, 2.75) is 19.3 Å². The minimum Gasteiger partial charge on any atom is -0.310 e. The largest absolute Gasteiger partial charge is 0.310 e. The topological polar surface area (TPSA) is 6.48 Å². The van der Waals surface area contributed by atoms with Crippen LogP contribution in [0, 0.1) is 0 Å². The van der Waals surface area contributed by atoms with Crippen LogP contribution in [-0.2, 0) is 5.41 Å². The van der Waals surface area contributed by atoms with Crippen molar-refractivity contribution >= 4 is 66.4 Å². The summed E-state index contributed by atoms with van der Waals surface area (Å²) in [4.78, 5) is 4.84. The van der Waals surface area contributed by atoms with Crippen molar-refractivity contribution in [3.63, 3.8) is 0 Å². The Morgan fingerprint density at radius 2 is 0.677 bits per heavy atom. The Balaban J connectivity index is 1.07. The van der Waals surface area contributed by atoms with Gasteiger partial charge in [-0.1, -0.05) is 190 Å². The second kappa shape index (κ2) is 15.6. The minimum atomic E-state index is -0.298. The van der Waals surface area contributed by atoms with Gasteiger partial charge < -0.3 is 9.80 Å². The highest BCUT2D eigenvalue weighted by Crippen LogP contribution is 2.59. The summed E-state index contributed by atoms with van der Waals surface area (Å²) in [5, 5.41) is 7.59. The van der Waals surface area contributed by atoms with E-state index in [0.29, 0.717) is 0 Å². The highest BCUT2D eigenvalue weighted by atomic mass is 15.1. The number of benzene rings is 11. The molecule has 12 rings (SSSR count). The van der Waals surface area contributed by atoms with Crippen molar-refractivity contribution in [1.29, 1.82) is 0 Å². The van der Waals surface area contributed by atoms with E-state index in [9.17, 15) is 0 Å². The minimum absolute atomic E-state index is 0.298. The van der Waals surface area contributed by atoms with Crippen LogP contribution in [0.4, 0.5) is 34.1 Å². The van der Waals surface area contributed by atoms with Crippen LogP contribution in [0.5, 0.6) is 0 Å². The van der Waals surface area contributed by atoms with Gasteiger partial charge in [-0.25, -0.2) is 0 Å². The van der Waals surface area contributed by atoms with Gasteiger partial charge in [-0.2, -0.15) is 0 Å². The van der Waals surface area contributed by atoms with Crippen LogP contribution in [0.3, 0.4) is 0 Å². The van der Waals surface area contributed by atoms with Crippen LogP contribution >= 0.6 is 0 Å². The zero-order chi connectivity index (χ0) is 43.5. The number of nitrogens with zero attached hydrogens (tertiary/aromatic N) is 2. The first kappa shape index (κ1) is 38.5. The molecule has 0 fully saturated rings. The lowest BCUT2D eigenvalue weighted by Crippen LogP contribution is -2.17. The smallest absolute Gasteiger partial charge is 0.0546 e. The van der Waals surface area contributed by atoms with Crippen molar-refractivity contribution in [2.75, 3.05) is 9.80 Å². The third-order valence-corrected chi connectivity index (χ3v) is 13.5. The maximum Gasteiger partial charge on any atom is 0.0546 e. The van der Waals surface area contributed by atoms with E-state index in [1.165, 1.54) is 76.8 Å². The fraction of sp³-hybridized carbons (Fsp3) is 0.0476. The molecule has 0 bridgehead atoms. The molecule has 0 amide bonds. The number of rotatable bonds is 8. The molecule has 308 valence electrons. The maximum absolute atomic E-state index is 2.49. The van der Waals surface area contributed by atoms with Crippen molar-refractivity contribution in [3.05, 3.63) is 254 Å². The lowest BCUT2D eigenvalue weighted by atomic mass is 9.77. The Kier molecular flexibility index (Phi) is 9.21. The van der Waals surface area contributed by atoms with Crippen LogP contribution in [0.15, 0.2) is 243 Å². The second-order valence-corrected chi connectivity index (χ2v) is 17.7. The van der Waals surface area contributed by atoms with Gasteiger partial charge in [0.05, 0.1) is 5.69 Å². The molecule has 1 aliphatic carbocycles. The first-order chi connectivity index (χ1) is 32.0. The van der Waals surface area contributed by atoms with Gasteiger partial charge in [0.15, 0.2) is 0 Å². The lowest BCUT2D eigenvalue weighted by molar-refractivity contribution is 0.672.